The Labute approximate surface area is 90.3 Å². The van der Waals surface area contributed by atoms with Gasteiger partial charge in [-0.05, 0) is 31.0 Å². The van der Waals surface area contributed by atoms with Crippen molar-refractivity contribution >= 4 is 12.4 Å². The minimum atomic E-state index is 0. The number of methoxy groups -OCH3 is 1. The molecule has 3 N–H and O–H groups in total. The van der Waals surface area contributed by atoms with E-state index in [4.69, 9.17) is 10.5 Å². The summed E-state index contributed by atoms with van der Waals surface area (Å²) >= 11 is 0. The number of hydrogen-bond acceptors (Lipinski definition) is 3. The number of phenols is 1. The maximum absolute atomic E-state index is 9.31. The van der Waals surface area contributed by atoms with E-state index < -0.39 is 0 Å². The highest BCUT2D eigenvalue weighted by Gasteiger charge is 2.03. The quantitative estimate of drug-likeness (QED) is 0.811. The van der Waals surface area contributed by atoms with Gasteiger partial charge >= 0.3 is 0 Å². The number of aromatic hydroxyl groups is 1. The lowest BCUT2D eigenvalue weighted by Crippen LogP contribution is -2.17. The summed E-state index contributed by atoms with van der Waals surface area (Å²) in [4.78, 5) is 0. The van der Waals surface area contributed by atoms with Crippen molar-refractivity contribution < 1.29 is 9.84 Å². The van der Waals surface area contributed by atoms with Gasteiger partial charge in [-0.1, -0.05) is 6.07 Å². The number of nitrogens with two attached hydrogens (primary N) is 1. The number of phenolic OH excluding ortho intramolecular Hbond substituents is 1. The molecule has 3 nitrogen and oxygen atoms in total. The van der Waals surface area contributed by atoms with E-state index in [9.17, 15) is 5.11 Å². The zero-order valence-corrected chi connectivity index (χ0v) is 9.17. The molecule has 1 unspecified atom stereocenters. The third kappa shape index (κ3) is 3.44. The fourth-order valence-electron chi connectivity index (χ4n) is 1.22. The van der Waals surface area contributed by atoms with Crippen molar-refractivity contribution in [3.05, 3.63) is 23.8 Å². The van der Waals surface area contributed by atoms with Crippen LogP contribution in [0.15, 0.2) is 18.2 Å². The average molecular weight is 218 g/mol. The second kappa shape index (κ2) is 5.73. The topological polar surface area (TPSA) is 55.5 Å². The third-order valence-corrected chi connectivity index (χ3v) is 1.80. The van der Waals surface area contributed by atoms with Gasteiger partial charge in [-0.25, -0.2) is 0 Å². The van der Waals surface area contributed by atoms with Gasteiger partial charge < -0.3 is 15.6 Å². The lowest BCUT2D eigenvalue weighted by Gasteiger charge is -2.08. The Morgan fingerprint density at radius 3 is 2.64 bits per heavy atom. The largest absolute Gasteiger partial charge is 0.504 e. The number of halogens is 1. The van der Waals surface area contributed by atoms with Crippen LogP contribution < -0.4 is 10.5 Å². The monoisotopic (exact) mass is 217 g/mol. The minimum absolute atomic E-state index is 0. The second-order valence-corrected chi connectivity index (χ2v) is 3.19. The Balaban J connectivity index is 0.00000169. The van der Waals surface area contributed by atoms with Crippen LogP contribution in [0.4, 0.5) is 0 Å². The predicted octanol–water partition coefficient (Wildman–Crippen LogP) is 1.71. The molecule has 0 saturated heterocycles. The van der Waals surface area contributed by atoms with E-state index in [-0.39, 0.29) is 24.2 Å². The third-order valence-electron chi connectivity index (χ3n) is 1.80. The molecule has 1 atom stereocenters. The van der Waals surface area contributed by atoms with E-state index in [1.807, 2.05) is 13.0 Å². The van der Waals surface area contributed by atoms with Crippen molar-refractivity contribution in [2.75, 3.05) is 7.11 Å². The predicted molar refractivity (Wildman–Crippen MR) is 59.3 cm³/mol. The first kappa shape index (κ1) is 13.1. The molecule has 0 heterocycles. The molecule has 0 fully saturated rings. The molecule has 0 spiro atoms. The molecule has 0 aliphatic rings. The summed E-state index contributed by atoms with van der Waals surface area (Å²) < 4.78 is 4.98. The van der Waals surface area contributed by atoms with Crippen LogP contribution in [0.2, 0.25) is 0 Å². The molecule has 4 heteroatoms. The van der Waals surface area contributed by atoms with Gasteiger partial charge in [0.2, 0.25) is 0 Å². The Bertz CT molecular complexity index is 289. The van der Waals surface area contributed by atoms with E-state index in [1.165, 1.54) is 7.11 Å². The maximum atomic E-state index is 9.31. The van der Waals surface area contributed by atoms with Gasteiger partial charge in [-0.15, -0.1) is 12.4 Å². The average Bonchev–Trinajstić information content (AvgIpc) is 2.07. The van der Waals surface area contributed by atoms with Gasteiger partial charge in [-0.2, -0.15) is 0 Å². The fourth-order valence-corrected chi connectivity index (χ4v) is 1.22. The molecular formula is C10H16ClNO2. The molecule has 0 aliphatic heterocycles. The Kier molecular flexibility index (Phi) is 5.35. The van der Waals surface area contributed by atoms with Gasteiger partial charge in [0, 0.05) is 6.04 Å². The Hall–Kier alpha value is -0.930. The zero-order chi connectivity index (χ0) is 9.84. The van der Waals surface area contributed by atoms with Gasteiger partial charge in [0.1, 0.15) is 0 Å². The first-order chi connectivity index (χ1) is 6.13. The summed E-state index contributed by atoms with van der Waals surface area (Å²) in [6, 6.07) is 5.39. The second-order valence-electron chi connectivity index (χ2n) is 3.19. The van der Waals surface area contributed by atoms with E-state index in [1.54, 1.807) is 12.1 Å². The molecule has 80 valence electrons. The van der Waals surface area contributed by atoms with E-state index >= 15 is 0 Å². The maximum Gasteiger partial charge on any atom is 0.160 e. The number of ether oxygens (including phenoxy) is 1. The fraction of sp³-hybridized carbons (Fsp3) is 0.400. The van der Waals surface area contributed by atoms with Crippen molar-refractivity contribution in [1.29, 1.82) is 0 Å². The number of rotatable bonds is 3. The number of hydrogen-bond donors (Lipinski definition) is 2. The molecule has 1 aromatic rings. The highest BCUT2D eigenvalue weighted by molar-refractivity contribution is 5.85. The summed E-state index contributed by atoms with van der Waals surface area (Å²) in [5, 5.41) is 9.31. The molecule has 0 aliphatic carbocycles. The van der Waals surface area contributed by atoms with Crippen LogP contribution in [0.5, 0.6) is 11.5 Å². The van der Waals surface area contributed by atoms with Crippen LogP contribution in [0, 0.1) is 0 Å². The first-order valence-electron chi connectivity index (χ1n) is 4.25. The van der Waals surface area contributed by atoms with E-state index in [0.717, 1.165) is 12.0 Å². The zero-order valence-electron chi connectivity index (χ0n) is 8.36. The summed E-state index contributed by atoms with van der Waals surface area (Å²) in [5.74, 6) is 0.661. The molecule has 0 saturated carbocycles. The van der Waals surface area contributed by atoms with Crippen molar-refractivity contribution in [2.24, 2.45) is 5.73 Å². The lowest BCUT2D eigenvalue weighted by molar-refractivity contribution is 0.373. The van der Waals surface area contributed by atoms with Gasteiger partial charge in [0.15, 0.2) is 11.5 Å². The molecule has 0 radical (unpaired) electrons. The minimum Gasteiger partial charge on any atom is -0.504 e. The van der Waals surface area contributed by atoms with Crippen LogP contribution in [0.3, 0.4) is 0 Å². The first-order valence-corrected chi connectivity index (χ1v) is 4.25. The standard InChI is InChI=1S/C10H15NO2.ClH/c1-7(11)5-8-3-4-9(12)10(6-8)13-2;/h3-4,6-7,12H,5,11H2,1-2H3;1H. The smallest absolute Gasteiger partial charge is 0.160 e. The number of benzene rings is 1. The molecule has 0 bridgehead atoms. The van der Waals surface area contributed by atoms with E-state index in [2.05, 4.69) is 0 Å². The highest BCUT2D eigenvalue weighted by Crippen LogP contribution is 2.26. The summed E-state index contributed by atoms with van der Waals surface area (Å²) in [6.45, 7) is 1.94. The van der Waals surface area contributed by atoms with Crippen molar-refractivity contribution in [1.82, 2.24) is 0 Å². The summed E-state index contributed by atoms with van der Waals surface area (Å²) in [6.07, 6.45) is 0.788. The highest BCUT2D eigenvalue weighted by atomic mass is 35.5. The molecule has 0 amide bonds. The van der Waals surface area contributed by atoms with Crippen molar-refractivity contribution in [2.45, 2.75) is 19.4 Å². The van der Waals surface area contributed by atoms with Crippen LogP contribution in [-0.2, 0) is 6.42 Å². The van der Waals surface area contributed by atoms with Gasteiger partial charge in [0.05, 0.1) is 7.11 Å². The SMILES string of the molecule is COc1cc(CC(C)N)ccc1O.Cl. The lowest BCUT2D eigenvalue weighted by atomic mass is 10.1. The Morgan fingerprint density at radius 2 is 2.14 bits per heavy atom. The van der Waals surface area contributed by atoms with E-state index in [0.29, 0.717) is 5.75 Å². The van der Waals surface area contributed by atoms with Gasteiger partial charge in [0.25, 0.3) is 0 Å². The Morgan fingerprint density at radius 1 is 1.50 bits per heavy atom. The molecule has 1 aromatic carbocycles. The summed E-state index contributed by atoms with van der Waals surface area (Å²) in [7, 11) is 1.53. The van der Waals surface area contributed by atoms with Crippen LogP contribution in [0.25, 0.3) is 0 Å². The summed E-state index contributed by atoms with van der Waals surface area (Å²) in [5.41, 5.74) is 6.72. The van der Waals surface area contributed by atoms with Gasteiger partial charge in [-0.3, -0.25) is 0 Å². The molecule has 0 aromatic heterocycles. The molecular weight excluding hydrogens is 202 g/mol. The van der Waals surface area contributed by atoms with Crippen LogP contribution in [-0.4, -0.2) is 18.3 Å². The molecule has 1 rings (SSSR count). The van der Waals surface area contributed by atoms with Crippen LogP contribution in [0.1, 0.15) is 12.5 Å². The van der Waals surface area contributed by atoms with Crippen molar-refractivity contribution in [3.63, 3.8) is 0 Å². The molecule has 14 heavy (non-hydrogen) atoms. The van der Waals surface area contributed by atoms with Crippen LogP contribution >= 0.6 is 12.4 Å². The van der Waals surface area contributed by atoms with Crippen molar-refractivity contribution in [3.8, 4) is 11.5 Å². The normalized spacial score (nSPS) is 11.6.